The maximum atomic E-state index is 5.97. The van der Waals surface area contributed by atoms with E-state index in [1.54, 1.807) is 0 Å². The maximum Gasteiger partial charge on any atom is 0.0617 e. The van der Waals surface area contributed by atoms with Crippen LogP contribution in [-0.4, -0.2) is 19.3 Å². The van der Waals surface area contributed by atoms with Gasteiger partial charge in [-0.05, 0) is 19.3 Å². The highest BCUT2D eigenvalue weighted by Gasteiger charge is 2.16. The molecular formula is C11H23NO. The van der Waals surface area contributed by atoms with Gasteiger partial charge in [0.25, 0.3) is 0 Å². The first-order chi connectivity index (χ1) is 6.33. The molecule has 2 N–H and O–H groups in total. The fourth-order valence-electron chi connectivity index (χ4n) is 2.19. The second-order valence-corrected chi connectivity index (χ2v) is 4.16. The Morgan fingerprint density at radius 3 is 2.62 bits per heavy atom. The molecule has 0 aromatic rings. The Bertz CT molecular complexity index is 121. The van der Waals surface area contributed by atoms with Gasteiger partial charge in [-0.1, -0.05) is 32.1 Å². The Labute approximate surface area is 81.8 Å². The van der Waals surface area contributed by atoms with E-state index in [9.17, 15) is 0 Å². The second-order valence-electron chi connectivity index (χ2n) is 4.16. The Balaban J connectivity index is 2.07. The average Bonchev–Trinajstić information content (AvgIpc) is 2.16. The van der Waals surface area contributed by atoms with Gasteiger partial charge in [0.1, 0.15) is 0 Å². The summed E-state index contributed by atoms with van der Waals surface area (Å²) in [4.78, 5) is 0. The fraction of sp³-hybridized carbons (Fsp3) is 1.00. The smallest absolute Gasteiger partial charge is 0.0617 e. The molecule has 1 atom stereocenters. The van der Waals surface area contributed by atoms with Crippen LogP contribution in [0.2, 0.25) is 0 Å². The molecule has 1 aliphatic carbocycles. The predicted molar refractivity (Wildman–Crippen MR) is 55.7 cm³/mol. The molecule has 1 fully saturated rings. The molecule has 1 unspecified atom stereocenters. The van der Waals surface area contributed by atoms with Crippen LogP contribution in [0.5, 0.6) is 0 Å². The molecule has 0 saturated heterocycles. The van der Waals surface area contributed by atoms with Crippen LogP contribution in [0.4, 0.5) is 0 Å². The van der Waals surface area contributed by atoms with Gasteiger partial charge in [0.15, 0.2) is 0 Å². The van der Waals surface area contributed by atoms with Crippen LogP contribution in [-0.2, 0) is 4.74 Å². The van der Waals surface area contributed by atoms with Crippen LogP contribution >= 0.6 is 0 Å². The van der Waals surface area contributed by atoms with E-state index >= 15 is 0 Å². The number of nitrogens with two attached hydrogens (primary N) is 1. The van der Waals surface area contributed by atoms with Gasteiger partial charge < -0.3 is 10.5 Å². The van der Waals surface area contributed by atoms with E-state index in [0.29, 0.717) is 0 Å². The molecule has 2 heteroatoms. The lowest BCUT2D eigenvalue weighted by Gasteiger charge is -2.24. The molecule has 0 spiro atoms. The summed E-state index contributed by atoms with van der Waals surface area (Å²) in [6.07, 6.45) is 8.19. The SMILES string of the molecule is CCOCC(N)CC1CCCCC1. The Morgan fingerprint density at radius 2 is 2.00 bits per heavy atom. The van der Waals surface area contributed by atoms with E-state index in [1.165, 1.54) is 38.5 Å². The van der Waals surface area contributed by atoms with E-state index in [0.717, 1.165) is 19.1 Å². The van der Waals surface area contributed by atoms with Gasteiger partial charge in [-0.15, -0.1) is 0 Å². The normalized spacial score (nSPS) is 21.7. The Hall–Kier alpha value is -0.0800. The molecule has 0 aliphatic heterocycles. The van der Waals surface area contributed by atoms with Crippen molar-refractivity contribution in [2.24, 2.45) is 11.7 Å². The third-order valence-electron chi connectivity index (χ3n) is 2.90. The molecule has 0 radical (unpaired) electrons. The van der Waals surface area contributed by atoms with E-state index in [1.807, 2.05) is 6.92 Å². The first kappa shape index (κ1) is 11.0. The monoisotopic (exact) mass is 185 g/mol. The van der Waals surface area contributed by atoms with Crippen molar-refractivity contribution in [2.75, 3.05) is 13.2 Å². The van der Waals surface area contributed by atoms with Crippen LogP contribution in [0.1, 0.15) is 45.4 Å². The molecule has 13 heavy (non-hydrogen) atoms. The van der Waals surface area contributed by atoms with Crippen LogP contribution in [0.25, 0.3) is 0 Å². The summed E-state index contributed by atoms with van der Waals surface area (Å²) in [5, 5.41) is 0. The topological polar surface area (TPSA) is 35.2 Å². The summed E-state index contributed by atoms with van der Waals surface area (Å²) < 4.78 is 5.31. The summed E-state index contributed by atoms with van der Waals surface area (Å²) in [6, 6.07) is 0.267. The van der Waals surface area contributed by atoms with Crippen molar-refractivity contribution >= 4 is 0 Å². The Kier molecular flexibility index (Phi) is 5.40. The minimum atomic E-state index is 0.267. The fourth-order valence-corrected chi connectivity index (χ4v) is 2.19. The van der Waals surface area contributed by atoms with E-state index < -0.39 is 0 Å². The van der Waals surface area contributed by atoms with Gasteiger partial charge in [0, 0.05) is 12.6 Å². The minimum absolute atomic E-state index is 0.267. The van der Waals surface area contributed by atoms with Gasteiger partial charge in [0.05, 0.1) is 6.61 Å². The molecule has 0 heterocycles. The number of rotatable bonds is 5. The maximum absolute atomic E-state index is 5.97. The number of ether oxygens (including phenoxy) is 1. The quantitative estimate of drug-likeness (QED) is 0.713. The van der Waals surface area contributed by atoms with E-state index in [4.69, 9.17) is 10.5 Å². The highest BCUT2D eigenvalue weighted by molar-refractivity contribution is 4.71. The largest absolute Gasteiger partial charge is 0.380 e. The van der Waals surface area contributed by atoms with E-state index in [2.05, 4.69) is 0 Å². The van der Waals surface area contributed by atoms with Crippen LogP contribution in [0, 0.1) is 5.92 Å². The highest BCUT2D eigenvalue weighted by Crippen LogP contribution is 2.26. The number of hydrogen-bond donors (Lipinski definition) is 1. The molecule has 1 saturated carbocycles. The lowest BCUT2D eigenvalue weighted by molar-refractivity contribution is 0.122. The van der Waals surface area contributed by atoms with Crippen molar-refractivity contribution in [1.82, 2.24) is 0 Å². The first-order valence-electron chi connectivity index (χ1n) is 5.66. The lowest BCUT2D eigenvalue weighted by Crippen LogP contribution is -2.29. The molecule has 2 nitrogen and oxygen atoms in total. The highest BCUT2D eigenvalue weighted by atomic mass is 16.5. The summed E-state index contributed by atoms with van der Waals surface area (Å²) >= 11 is 0. The third-order valence-corrected chi connectivity index (χ3v) is 2.90. The van der Waals surface area contributed by atoms with Crippen molar-refractivity contribution in [3.63, 3.8) is 0 Å². The predicted octanol–water partition coefficient (Wildman–Crippen LogP) is 2.32. The molecular weight excluding hydrogens is 162 g/mol. The minimum Gasteiger partial charge on any atom is -0.380 e. The van der Waals surface area contributed by atoms with Gasteiger partial charge >= 0.3 is 0 Å². The van der Waals surface area contributed by atoms with Crippen molar-refractivity contribution in [3.05, 3.63) is 0 Å². The van der Waals surface area contributed by atoms with Crippen LogP contribution in [0.15, 0.2) is 0 Å². The molecule has 0 amide bonds. The van der Waals surface area contributed by atoms with Crippen molar-refractivity contribution in [3.8, 4) is 0 Å². The van der Waals surface area contributed by atoms with Crippen LogP contribution < -0.4 is 5.73 Å². The standard InChI is InChI=1S/C11H23NO/c1-2-13-9-11(12)8-10-6-4-3-5-7-10/h10-11H,2-9,12H2,1H3. The zero-order chi connectivity index (χ0) is 9.52. The molecule has 1 aliphatic rings. The van der Waals surface area contributed by atoms with Gasteiger partial charge in [-0.25, -0.2) is 0 Å². The number of hydrogen-bond acceptors (Lipinski definition) is 2. The third kappa shape index (κ3) is 4.63. The van der Waals surface area contributed by atoms with Crippen molar-refractivity contribution in [1.29, 1.82) is 0 Å². The molecule has 0 bridgehead atoms. The summed E-state index contributed by atoms with van der Waals surface area (Å²) in [6.45, 7) is 3.55. The summed E-state index contributed by atoms with van der Waals surface area (Å²) in [5.74, 6) is 0.879. The first-order valence-corrected chi connectivity index (χ1v) is 5.66. The van der Waals surface area contributed by atoms with Gasteiger partial charge in [-0.3, -0.25) is 0 Å². The van der Waals surface area contributed by atoms with Crippen LogP contribution in [0.3, 0.4) is 0 Å². The van der Waals surface area contributed by atoms with Gasteiger partial charge in [0.2, 0.25) is 0 Å². The zero-order valence-corrected chi connectivity index (χ0v) is 8.80. The summed E-state index contributed by atoms with van der Waals surface area (Å²) in [5.41, 5.74) is 5.97. The molecule has 1 rings (SSSR count). The molecule has 0 aromatic carbocycles. The zero-order valence-electron chi connectivity index (χ0n) is 8.80. The second kappa shape index (κ2) is 6.39. The summed E-state index contributed by atoms with van der Waals surface area (Å²) in [7, 11) is 0. The van der Waals surface area contributed by atoms with Gasteiger partial charge in [-0.2, -0.15) is 0 Å². The van der Waals surface area contributed by atoms with Crippen molar-refractivity contribution < 1.29 is 4.74 Å². The lowest BCUT2D eigenvalue weighted by atomic mass is 9.85. The average molecular weight is 185 g/mol. The Morgan fingerprint density at radius 1 is 1.31 bits per heavy atom. The van der Waals surface area contributed by atoms with Crippen molar-refractivity contribution in [2.45, 2.75) is 51.5 Å². The molecule has 0 aromatic heterocycles. The molecule has 78 valence electrons. The van der Waals surface area contributed by atoms with E-state index in [-0.39, 0.29) is 6.04 Å².